The number of hydrogen-bond acceptors (Lipinski definition) is 13. The molecule has 3 fully saturated rings. The van der Waals surface area contributed by atoms with E-state index in [9.17, 15) is 44.4 Å². The number of Topliss-reactive ketones (excluding diaryl/α,β-unsaturated/α-hetero) is 1. The van der Waals surface area contributed by atoms with Crippen LogP contribution < -0.4 is 16.6 Å². The van der Waals surface area contributed by atoms with Gasteiger partial charge in [0.1, 0.15) is 36.6 Å². The predicted molar refractivity (Wildman–Crippen MR) is 112 cm³/mol. The van der Waals surface area contributed by atoms with E-state index in [4.69, 9.17) is 19.7 Å². The van der Waals surface area contributed by atoms with Crippen LogP contribution in [0.4, 0.5) is 4.79 Å². The van der Waals surface area contributed by atoms with E-state index in [1.807, 2.05) is 10.3 Å². The maximum atomic E-state index is 11.7. The van der Waals surface area contributed by atoms with Crippen molar-refractivity contribution in [1.29, 1.82) is 0 Å². The van der Waals surface area contributed by atoms with E-state index < -0.39 is 97.3 Å². The van der Waals surface area contributed by atoms with Gasteiger partial charge in [-0.05, 0) is 6.92 Å². The number of carbonyl (C=O) groups is 3. The Bertz CT molecular complexity index is 1120. The number of amides is 3. The Kier molecular flexibility index (Phi) is 8.06. The van der Waals surface area contributed by atoms with Crippen molar-refractivity contribution in [2.24, 2.45) is 0 Å². The Morgan fingerprint density at radius 1 is 1.00 bits per heavy atom. The molecule has 4 heterocycles. The summed E-state index contributed by atoms with van der Waals surface area (Å²) in [6, 6.07) is 0.188. The smallest absolute Gasteiger partial charge is 0.330 e. The van der Waals surface area contributed by atoms with Gasteiger partial charge in [-0.1, -0.05) is 0 Å². The lowest BCUT2D eigenvalue weighted by Crippen LogP contribution is -2.65. The summed E-state index contributed by atoms with van der Waals surface area (Å²) < 4.78 is 11.3. The van der Waals surface area contributed by atoms with Gasteiger partial charge in [0.25, 0.3) is 11.5 Å². The molecule has 3 saturated heterocycles. The van der Waals surface area contributed by atoms with Crippen LogP contribution in [-0.4, -0.2) is 125 Å². The number of rotatable bonds is 4. The fourth-order valence-corrected chi connectivity index (χ4v) is 3.95. The van der Waals surface area contributed by atoms with Crippen LogP contribution in [0.5, 0.6) is 0 Å². The second kappa shape index (κ2) is 10.5. The van der Waals surface area contributed by atoms with E-state index in [1.165, 1.54) is 6.92 Å². The third-order valence-corrected chi connectivity index (χ3v) is 6.02. The van der Waals surface area contributed by atoms with Crippen molar-refractivity contribution in [2.45, 2.75) is 55.5 Å². The van der Waals surface area contributed by atoms with Crippen molar-refractivity contribution in [3.63, 3.8) is 0 Å². The number of imide groups is 1. The van der Waals surface area contributed by atoms with Crippen LogP contribution in [0.2, 0.25) is 0 Å². The molecule has 3 aliphatic heterocycles. The molecule has 17 heteroatoms. The number of aromatic amines is 1. The van der Waals surface area contributed by atoms with Crippen LogP contribution in [0.1, 0.15) is 13.2 Å². The number of ketones is 1. The van der Waals surface area contributed by atoms with Gasteiger partial charge in [0, 0.05) is 12.3 Å². The lowest BCUT2D eigenvalue weighted by Gasteiger charge is -2.40. The highest BCUT2D eigenvalue weighted by molar-refractivity contribution is 6.41. The quantitative estimate of drug-likeness (QED) is 0.173. The number of ether oxygens (including phenoxy) is 2. The van der Waals surface area contributed by atoms with E-state index in [-0.39, 0.29) is 0 Å². The van der Waals surface area contributed by atoms with Crippen molar-refractivity contribution < 1.29 is 54.5 Å². The zero-order valence-electron chi connectivity index (χ0n) is 18.8. The summed E-state index contributed by atoms with van der Waals surface area (Å²) in [5.74, 6) is -1.89. The maximum absolute atomic E-state index is 11.7. The first-order chi connectivity index (χ1) is 16.8. The summed E-state index contributed by atoms with van der Waals surface area (Å²) in [7, 11) is 0. The normalized spacial score (nSPS) is 36.5. The molecule has 0 aromatic carbocycles. The molecular formula is C19H26N4O13. The fraction of sp³-hybridized carbons (Fsp3) is 0.632. The molecule has 1 aromatic heterocycles. The molecule has 0 saturated carbocycles. The Balaban J connectivity index is 0.000000202. The Labute approximate surface area is 201 Å². The predicted octanol–water partition coefficient (Wildman–Crippen LogP) is -5.92. The second-order valence-corrected chi connectivity index (χ2v) is 8.34. The monoisotopic (exact) mass is 518 g/mol. The van der Waals surface area contributed by atoms with E-state index in [1.54, 1.807) is 0 Å². The van der Waals surface area contributed by atoms with E-state index in [2.05, 4.69) is 0 Å². The van der Waals surface area contributed by atoms with Gasteiger partial charge in [-0.3, -0.25) is 34.2 Å². The molecule has 0 bridgehead atoms. The highest BCUT2D eigenvalue weighted by atomic mass is 16.6. The molecule has 3 amide bonds. The van der Waals surface area contributed by atoms with Gasteiger partial charge in [-0.25, -0.2) is 9.59 Å². The minimum atomic E-state index is -1.70. The topological polar surface area (TPSA) is 261 Å². The SMILES string of the molecule is C[C@@]1(N2CC(=O)C(=O)NC2=O)O[C@H](CO)[C@@H](O)[C@H]1O.O=c1ccn([C@@H]2O[C@H](CO)[C@@H](O)[C@H]2O)c(=O)[nH]1. The lowest BCUT2D eigenvalue weighted by atomic mass is 10.0. The van der Waals surface area contributed by atoms with E-state index >= 15 is 0 Å². The average Bonchev–Trinajstić information content (AvgIpc) is 3.24. The number of aliphatic hydroxyl groups is 6. The van der Waals surface area contributed by atoms with Crippen LogP contribution in [0.15, 0.2) is 21.9 Å². The molecule has 4 rings (SSSR count). The largest absolute Gasteiger partial charge is 0.394 e. The first kappa shape index (κ1) is 27.6. The lowest BCUT2D eigenvalue weighted by molar-refractivity contribution is -0.167. The highest BCUT2D eigenvalue weighted by Crippen LogP contribution is 2.34. The third kappa shape index (κ3) is 4.95. The summed E-state index contributed by atoms with van der Waals surface area (Å²) in [5, 5.41) is 58.5. The summed E-state index contributed by atoms with van der Waals surface area (Å²) >= 11 is 0. The van der Waals surface area contributed by atoms with Crippen LogP contribution >= 0.6 is 0 Å². The van der Waals surface area contributed by atoms with Gasteiger partial charge in [0.05, 0.1) is 19.8 Å². The van der Waals surface area contributed by atoms with Crippen molar-refractivity contribution in [1.82, 2.24) is 19.8 Å². The third-order valence-electron chi connectivity index (χ3n) is 6.02. The van der Waals surface area contributed by atoms with Crippen molar-refractivity contribution in [2.75, 3.05) is 19.8 Å². The number of nitrogens with zero attached hydrogens (tertiary/aromatic N) is 2. The summed E-state index contributed by atoms with van der Waals surface area (Å²) in [6.07, 6.45) is -7.59. The van der Waals surface area contributed by atoms with Gasteiger partial charge < -0.3 is 40.1 Å². The minimum absolute atomic E-state index is 0.479. The van der Waals surface area contributed by atoms with Crippen molar-refractivity contribution >= 4 is 17.7 Å². The van der Waals surface area contributed by atoms with Gasteiger partial charge in [0.2, 0.25) is 5.78 Å². The zero-order chi connectivity index (χ0) is 26.9. The average molecular weight is 518 g/mol. The second-order valence-electron chi connectivity index (χ2n) is 8.34. The number of urea groups is 1. The van der Waals surface area contributed by atoms with Gasteiger partial charge >= 0.3 is 11.7 Å². The molecule has 36 heavy (non-hydrogen) atoms. The molecule has 0 unspecified atom stereocenters. The molecule has 3 aliphatic rings. The van der Waals surface area contributed by atoms with E-state index in [0.29, 0.717) is 0 Å². The summed E-state index contributed by atoms with van der Waals surface area (Å²) in [4.78, 5) is 59.2. The maximum Gasteiger partial charge on any atom is 0.330 e. The highest BCUT2D eigenvalue weighted by Gasteiger charge is 2.57. The standard InChI is InChI=1S/C10H14N2O7.C9H12N2O6/c1-10(7(16)6(15)5(3-13)19-10)12-2-4(14)8(17)11-9(12)18;12-3-4-6(14)7(15)8(17-4)11-2-1-5(13)10-9(11)16/h5-7,13,15-16H,2-3H2,1H3,(H,11,17,18);1-2,4,6-8,12,14-15H,3H2,(H,10,13,16)/t5-,6-,7-,10-;4-,6-,7-,8-/m11/s1. The molecular weight excluding hydrogens is 492 g/mol. The first-order valence-electron chi connectivity index (χ1n) is 10.6. The zero-order valence-corrected chi connectivity index (χ0v) is 18.8. The molecule has 0 radical (unpaired) electrons. The Morgan fingerprint density at radius 3 is 2.17 bits per heavy atom. The minimum Gasteiger partial charge on any atom is -0.394 e. The molecule has 0 spiro atoms. The molecule has 8 atom stereocenters. The van der Waals surface area contributed by atoms with Crippen LogP contribution in [0, 0.1) is 0 Å². The van der Waals surface area contributed by atoms with Crippen molar-refractivity contribution in [3.05, 3.63) is 33.1 Å². The van der Waals surface area contributed by atoms with Crippen LogP contribution in [0.3, 0.4) is 0 Å². The Morgan fingerprint density at radius 2 is 1.64 bits per heavy atom. The number of hydrogen-bond donors (Lipinski definition) is 8. The number of aromatic nitrogens is 2. The van der Waals surface area contributed by atoms with Crippen LogP contribution in [0.25, 0.3) is 0 Å². The summed E-state index contributed by atoms with van der Waals surface area (Å²) in [6.45, 7) is -0.314. The number of H-pyrrole nitrogens is 1. The molecule has 17 nitrogen and oxygen atoms in total. The van der Waals surface area contributed by atoms with Gasteiger partial charge in [0.15, 0.2) is 12.0 Å². The summed E-state index contributed by atoms with van der Waals surface area (Å²) in [5.41, 5.74) is -3.03. The first-order valence-corrected chi connectivity index (χ1v) is 10.6. The molecule has 0 aliphatic carbocycles. The molecule has 200 valence electrons. The number of aliphatic hydroxyl groups excluding tert-OH is 6. The van der Waals surface area contributed by atoms with Gasteiger partial charge in [-0.15, -0.1) is 0 Å². The molecule has 8 N–H and O–H groups in total. The van der Waals surface area contributed by atoms with Gasteiger partial charge in [-0.2, -0.15) is 0 Å². The number of carbonyl (C=O) groups excluding carboxylic acids is 3. The van der Waals surface area contributed by atoms with Crippen LogP contribution in [-0.2, 0) is 19.1 Å². The number of nitrogens with one attached hydrogen (secondary N) is 2. The van der Waals surface area contributed by atoms with Crippen molar-refractivity contribution in [3.8, 4) is 0 Å². The molecule has 1 aromatic rings. The fourth-order valence-electron chi connectivity index (χ4n) is 3.95. The Hall–Kier alpha value is -3.03. The van der Waals surface area contributed by atoms with E-state index in [0.717, 1.165) is 21.7 Å².